The molecule has 0 radical (unpaired) electrons. The Hall–Kier alpha value is -2.08. The van der Waals surface area contributed by atoms with E-state index in [-0.39, 0.29) is 18.2 Å². The highest BCUT2D eigenvalue weighted by atomic mass is 35.5. The lowest BCUT2D eigenvalue weighted by molar-refractivity contribution is -0.167. The zero-order valence-electron chi connectivity index (χ0n) is 19.4. The standard InChI is InChI=1S/C26H31Cl2NO4/c1-5-21(25(2,3)33)29-23(16-9-11-18(27)12-10-16)20(17-7-6-8-19(28)13-17)14-26(4,24(29)32)15-22(30)31/h6-13,20-21,23,33H,5,14-15H2,1-4H3,(H,30,31)/t20-,21+,23?,26-/m1/s1. The fourth-order valence-electron chi connectivity index (χ4n) is 5.26. The van der Waals surface area contributed by atoms with Crippen molar-refractivity contribution in [3.63, 3.8) is 0 Å². The van der Waals surface area contributed by atoms with Crippen molar-refractivity contribution in [2.75, 3.05) is 0 Å². The van der Waals surface area contributed by atoms with Gasteiger partial charge in [0, 0.05) is 16.0 Å². The Morgan fingerprint density at radius 3 is 2.30 bits per heavy atom. The van der Waals surface area contributed by atoms with Gasteiger partial charge >= 0.3 is 5.97 Å². The maximum Gasteiger partial charge on any atom is 0.304 e. The highest BCUT2D eigenvalue weighted by Crippen LogP contribution is 2.53. The summed E-state index contributed by atoms with van der Waals surface area (Å²) >= 11 is 12.5. The van der Waals surface area contributed by atoms with Crippen molar-refractivity contribution in [3.8, 4) is 0 Å². The van der Waals surface area contributed by atoms with Gasteiger partial charge in [-0.05, 0) is 62.1 Å². The Bertz CT molecular complexity index is 1020. The summed E-state index contributed by atoms with van der Waals surface area (Å²) < 4.78 is 0. The predicted molar refractivity (Wildman–Crippen MR) is 131 cm³/mol. The van der Waals surface area contributed by atoms with E-state index in [0.29, 0.717) is 22.9 Å². The van der Waals surface area contributed by atoms with Gasteiger partial charge in [-0.15, -0.1) is 0 Å². The second-order valence-electron chi connectivity index (χ2n) is 9.78. The number of nitrogens with zero attached hydrogens (tertiary/aromatic N) is 1. The van der Waals surface area contributed by atoms with Crippen LogP contribution in [0, 0.1) is 5.41 Å². The molecule has 0 aromatic heterocycles. The van der Waals surface area contributed by atoms with Crippen LogP contribution in [0.25, 0.3) is 0 Å². The third kappa shape index (κ3) is 5.37. The van der Waals surface area contributed by atoms with Crippen molar-refractivity contribution < 1.29 is 19.8 Å². The van der Waals surface area contributed by atoms with E-state index in [1.54, 1.807) is 43.9 Å². The number of rotatable bonds is 7. The van der Waals surface area contributed by atoms with Gasteiger partial charge in [0.2, 0.25) is 5.91 Å². The summed E-state index contributed by atoms with van der Waals surface area (Å²) in [5.41, 5.74) is -0.546. The third-order valence-electron chi connectivity index (χ3n) is 6.67. The number of carboxylic acid groups (broad SMARTS) is 1. The summed E-state index contributed by atoms with van der Waals surface area (Å²) in [5, 5.41) is 21.9. The molecule has 2 N–H and O–H groups in total. The number of piperidine rings is 1. The van der Waals surface area contributed by atoms with Crippen molar-refractivity contribution >= 4 is 35.1 Å². The second-order valence-corrected chi connectivity index (χ2v) is 10.7. The fraction of sp³-hybridized carbons (Fsp3) is 0.462. The number of amides is 1. The molecule has 178 valence electrons. The molecule has 1 heterocycles. The summed E-state index contributed by atoms with van der Waals surface area (Å²) in [6.45, 7) is 7.01. The minimum absolute atomic E-state index is 0.233. The van der Waals surface area contributed by atoms with E-state index in [1.807, 2.05) is 37.3 Å². The molecule has 1 aliphatic rings. The first-order valence-corrected chi connectivity index (χ1v) is 11.9. The van der Waals surface area contributed by atoms with Crippen LogP contribution in [-0.2, 0) is 9.59 Å². The molecule has 0 bridgehead atoms. The van der Waals surface area contributed by atoms with E-state index < -0.39 is 29.1 Å². The number of carboxylic acids is 1. The molecule has 0 aliphatic carbocycles. The van der Waals surface area contributed by atoms with Crippen LogP contribution in [0.2, 0.25) is 10.0 Å². The van der Waals surface area contributed by atoms with Gasteiger partial charge in [0.05, 0.1) is 29.5 Å². The number of carbonyl (C=O) groups excluding carboxylic acids is 1. The van der Waals surface area contributed by atoms with Gasteiger partial charge in [-0.1, -0.05) is 61.3 Å². The number of aliphatic hydroxyl groups is 1. The summed E-state index contributed by atoms with van der Waals surface area (Å²) in [6.07, 6.45) is 0.546. The van der Waals surface area contributed by atoms with Gasteiger partial charge in [0.1, 0.15) is 0 Å². The number of hydrogen-bond acceptors (Lipinski definition) is 3. The van der Waals surface area contributed by atoms with E-state index in [1.165, 1.54) is 0 Å². The van der Waals surface area contributed by atoms with Gasteiger partial charge < -0.3 is 15.1 Å². The number of likely N-dealkylation sites (tertiary alicyclic amines) is 1. The molecule has 1 fully saturated rings. The lowest BCUT2D eigenvalue weighted by Crippen LogP contribution is -2.60. The molecule has 1 aliphatic heterocycles. The predicted octanol–water partition coefficient (Wildman–Crippen LogP) is 6.08. The van der Waals surface area contributed by atoms with Crippen LogP contribution in [0.3, 0.4) is 0 Å². The van der Waals surface area contributed by atoms with Crippen molar-refractivity contribution in [2.45, 2.75) is 70.6 Å². The monoisotopic (exact) mass is 491 g/mol. The molecule has 1 unspecified atom stereocenters. The van der Waals surface area contributed by atoms with Gasteiger partial charge in [0.15, 0.2) is 0 Å². The molecule has 4 atom stereocenters. The summed E-state index contributed by atoms with van der Waals surface area (Å²) in [7, 11) is 0. The lowest BCUT2D eigenvalue weighted by Gasteiger charge is -2.54. The van der Waals surface area contributed by atoms with E-state index in [4.69, 9.17) is 23.2 Å². The zero-order chi connectivity index (χ0) is 24.6. The highest BCUT2D eigenvalue weighted by molar-refractivity contribution is 6.30. The van der Waals surface area contributed by atoms with Crippen molar-refractivity contribution in [3.05, 3.63) is 69.7 Å². The second kappa shape index (κ2) is 9.65. The lowest BCUT2D eigenvalue weighted by atomic mass is 9.66. The number of hydrogen-bond donors (Lipinski definition) is 2. The maximum atomic E-state index is 14.0. The topological polar surface area (TPSA) is 77.8 Å². The Morgan fingerprint density at radius 2 is 1.79 bits per heavy atom. The molecule has 1 saturated heterocycles. The molecule has 5 nitrogen and oxygen atoms in total. The molecule has 0 spiro atoms. The van der Waals surface area contributed by atoms with Crippen molar-refractivity contribution in [1.82, 2.24) is 4.90 Å². The van der Waals surface area contributed by atoms with E-state index in [0.717, 1.165) is 11.1 Å². The summed E-state index contributed by atoms with van der Waals surface area (Å²) in [4.78, 5) is 27.5. The van der Waals surface area contributed by atoms with Crippen LogP contribution >= 0.6 is 23.2 Å². The molecule has 2 aromatic carbocycles. The molecule has 0 saturated carbocycles. The number of carbonyl (C=O) groups is 2. The Kier molecular flexibility index (Phi) is 7.47. The van der Waals surface area contributed by atoms with Gasteiger partial charge in [0.25, 0.3) is 0 Å². The Balaban J connectivity index is 2.28. The molecule has 33 heavy (non-hydrogen) atoms. The Labute approximate surface area is 205 Å². The normalized spacial score (nSPS) is 24.6. The first-order valence-electron chi connectivity index (χ1n) is 11.1. The minimum atomic E-state index is -1.20. The van der Waals surface area contributed by atoms with Gasteiger partial charge in [-0.25, -0.2) is 0 Å². The number of aliphatic carboxylic acids is 1. The van der Waals surface area contributed by atoms with E-state index in [2.05, 4.69) is 0 Å². The van der Waals surface area contributed by atoms with Gasteiger partial charge in [-0.3, -0.25) is 9.59 Å². The van der Waals surface area contributed by atoms with Crippen LogP contribution in [0.5, 0.6) is 0 Å². The molecular formula is C26H31Cl2NO4. The van der Waals surface area contributed by atoms with Crippen molar-refractivity contribution in [2.24, 2.45) is 5.41 Å². The van der Waals surface area contributed by atoms with Gasteiger partial charge in [-0.2, -0.15) is 0 Å². The molecular weight excluding hydrogens is 461 g/mol. The third-order valence-corrected chi connectivity index (χ3v) is 7.16. The average Bonchev–Trinajstić information content (AvgIpc) is 2.71. The highest BCUT2D eigenvalue weighted by Gasteiger charge is 2.54. The Morgan fingerprint density at radius 1 is 1.15 bits per heavy atom. The minimum Gasteiger partial charge on any atom is -0.481 e. The zero-order valence-corrected chi connectivity index (χ0v) is 20.9. The number of benzene rings is 2. The molecule has 7 heteroatoms. The fourth-order valence-corrected chi connectivity index (χ4v) is 5.58. The van der Waals surface area contributed by atoms with E-state index >= 15 is 0 Å². The van der Waals surface area contributed by atoms with E-state index in [9.17, 15) is 19.8 Å². The smallest absolute Gasteiger partial charge is 0.304 e. The summed E-state index contributed by atoms with van der Waals surface area (Å²) in [5.74, 6) is -1.53. The van der Waals surface area contributed by atoms with Crippen LogP contribution in [0.15, 0.2) is 48.5 Å². The largest absolute Gasteiger partial charge is 0.481 e. The van der Waals surface area contributed by atoms with Crippen LogP contribution < -0.4 is 0 Å². The van der Waals surface area contributed by atoms with Crippen molar-refractivity contribution in [1.29, 1.82) is 0 Å². The average molecular weight is 492 g/mol. The number of halogens is 2. The quantitative estimate of drug-likeness (QED) is 0.491. The first-order chi connectivity index (χ1) is 15.4. The molecule has 2 aromatic rings. The summed E-state index contributed by atoms with van der Waals surface area (Å²) in [6, 6.07) is 13.9. The molecule has 3 rings (SSSR count). The van der Waals surface area contributed by atoms with Crippen LogP contribution in [0.4, 0.5) is 0 Å². The van der Waals surface area contributed by atoms with Crippen LogP contribution in [-0.4, -0.2) is 38.6 Å². The maximum absolute atomic E-state index is 14.0. The SMILES string of the molecule is CC[C@H](N1C(=O)[C@@](C)(CC(=O)O)C[C@H](c2cccc(Cl)c2)C1c1ccc(Cl)cc1)C(C)(C)O. The van der Waals surface area contributed by atoms with Crippen LogP contribution in [0.1, 0.15) is 70.0 Å². The first kappa shape index (κ1) is 25.5. The molecule has 1 amide bonds.